The molecule has 0 aliphatic heterocycles. The smallest absolute Gasteiger partial charge is 0.269 e. The van der Waals surface area contributed by atoms with Crippen LogP contribution in [0.15, 0.2) is 81.1 Å². The lowest BCUT2D eigenvalue weighted by molar-refractivity contribution is -0.384. The second-order valence-corrected chi connectivity index (χ2v) is 7.46. The number of hydrogen-bond acceptors (Lipinski definition) is 10. The molecule has 0 heterocycles. The molecule has 0 atom stereocenters. The largest absolute Gasteiger partial charge is 0.494 e. The third kappa shape index (κ3) is 6.83. The van der Waals surface area contributed by atoms with Crippen molar-refractivity contribution in [2.75, 3.05) is 45.9 Å². The Hall–Kier alpha value is -4.38. The highest BCUT2D eigenvalue weighted by atomic mass is 16.6. The SMILES string of the molecule is CCN(CCOC)c1ccc(N=Nc2cc(OC)c(N=Nc3ccc([N+](=O)[O-])cc3)cc2OC)cc1. The Bertz CT molecular complexity index is 1210. The average molecular weight is 493 g/mol. The second kappa shape index (κ2) is 12.9. The maximum Gasteiger partial charge on any atom is 0.269 e. The fourth-order valence-corrected chi connectivity index (χ4v) is 3.29. The van der Waals surface area contributed by atoms with E-state index in [0.29, 0.717) is 40.9 Å². The summed E-state index contributed by atoms with van der Waals surface area (Å²) < 4.78 is 16.1. The number of nitro benzene ring substituents is 1. The first-order valence-corrected chi connectivity index (χ1v) is 11.2. The molecule has 0 fully saturated rings. The molecule has 0 unspecified atom stereocenters. The molecular weight excluding hydrogens is 464 g/mol. The van der Waals surface area contributed by atoms with Crippen molar-refractivity contribution in [1.82, 2.24) is 0 Å². The average Bonchev–Trinajstić information content (AvgIpc) is 2.91. The summed E-state index contributed by atoms with van der Waals surface area (Å²) in [5.41, 5.74) is 3.07. The highest BCUT2D eigenvalue weighted by molar-refractivity contribution is 5.66. The zero-order chi connectivity index (χ0) is 25.9. The highest BCUT2D eigenvalue weighted by Crippen LogP contribution is 2.41. The van der Waals surface area contributed by atoms with Crippen molar-refractivity contribution in [3.63, 3.8) is 0 Å². The number of anilines is 1. The molecular formula is C25H28N6O5. The molecule has 0 saturated carbocycles. The Kier molecular flexibility index (Phi) is 9.40. The number of ether oxygens (including phenoxy) is 3. The minimum atomic E-state index is -0.473. The number of methoxy groups -OCH3 is 3. The first-order chi connectivity index (χ1) is 17.5. The first kappa shape index (κ1) is 26.2. The number of hydrogen-bond donors (Lipinski definition) is 0. The van der Waals surface area contributed by atoms with Gasteiger partial charge < -0.3 is 19.1 Å². The van der Waals surface area contributed by atoms with Gasteiger partial charge in [0.1, 0.15) is 22.9 Å². The van der Waals surface area contributed by atoms with E-state index in [4.69, 9.17) is 14.2 Å². The Labute approximate surface area is 209 Å². The van der Waals surface area contributed by atoms with Crippen LogP contribution in [0.1, 0.15) is 6.92 Å². The van der Waals surface area contributed by atoms with Crippen molar-refractivity contribution in [3.05, 3.63) is 70.8 Å². The number of nitro groups is 1. The molecule has 0 amide bonds. The fraction of sp³-hybridized carbons (Fsp3) is 0.280. The minimum absolute atomic E-state index is 0.0219. The van der Waals surface area contributed by atoms with Crippen LogP contribution in [-0.2, 0) is 4.74 Å². The van der Waals surface area contributed by atoms with Crippen molar-refractivity contribution in [2.24, 2.45) is 20.5 Å². The molecule has 0 aliphatic rings. The van der Waals surface area contributed by atoms with E-state index in [-0.39, 0.29) is 5.69 Å². The maximum atomic E-state index is 10.8. The zero-order valence-electron chi connectivity index (χ0n) is 20.6. The third-order valence-electron chi connectivity index (χ3n) is 5.25. The van der Waals surface area contributed by atoms with E-state index in [2.05, 4.69) is 32.3 Å². The summed E-state index contributed by atoms with van der Waals surface area (Å²) in [6, 6.07) is 16.8. The summed E-state index contributed by atoms with van der Waals surface area (Å²) in [6.07, 6.45) is 0. The Balaban J connectivity index is 1.80. The van der Waals surface area contributed by atoms with Crippen LogP contribution >= 0.6 is 0 Å². The lowest BCUT2D eigenvalue weighted by Gasteiger charge is -2.22. The predicted octanol–water partition coefficient (Wildman–Crippen LogP) is 6.92. The normalized spacial score (nSPS) is 11.2. The molecule has 11 heteroatoms. The van der Waals surface area contributed by atoms with E-state index in [1.165, 1.54) is 38.5 Å². The molecule has 3 aromatic rings. The van der Waals surface area contributed by atoms with E-state index in [9.17, 15) is 10.1 Å². The molecule has 0 aromatic heterocycles. The predicted molar refractivity (Wildman–Crippen MR) is 137 cm³/mol. The van der Waals surface area contributed by atoms with E-state index in [1.807, 2.05) is 24.3 Å². The molecule has 11 nitrogen and oxygen atoms in total. The maximum absolute atomic E-state index is 10.8. The first-order valence-electron chi connectivity index (χ1n) is 11.2. The summed E-state index contributed by atoms with van der Waals surface area (Å²) in [6.45, 7) is 4.42. The number of nitrogens with zero attached hydrogens (tertiary/aromatic N) is 6. The van der Waals surface area contributed by atoms with E-state index < -0.39 is 4.92 Å². The van der Waals surface area contributed by atoms with Crippen LogP contribution in [0, 0.1) is 10.1 Å². The van der Waals surface area contributed by atoms with Crippen LogP contribution in [-0.4, -0.2) is 45.9 Å². The van der Waals surface area contributed by atoms with Gasteiger partial charge in [0.05, 0.1) is 37.1 Å². The Morgan fingerprint density at radius 1 is 0.806 bits per heavy atom. The molecule has 0 spiro atoms. The van der Waals surface area contributed by atoms with Gasteiger partial charge in [-0.2, -0.15) is 10.2 Å². The monoisotopic (exact) mass is 492 g/mol. The van der Waals surface area contributed by atoms with E-state index in [0.717, 1.165) is 18.8 Å². The number of non-ortho nitro benzene ring substituents is 1. The van der Waals surface area contributed by atoms with Gasteiger partial charge in [-0.25, -0.2) is 0 Å². The van der Waals surface area contributed by atoms with Gasteiger partial charge in [0.15, 0.2) is 0 Å². The van der Waals surface area contributed by atoms with Gasteiger partial charge in [-0.3, -0.25) is 10.1 Å². The topological polar surface area (TPSA) is 124 Å². The van der Waals surface area contributed by atoms with Crippen molar-refractivity contribution >= 4 is 34.1 Å². The third-order valence-corrected chi connectivity index (χ3v) is 5.25. The Morgan fingerprint density at radius 3 is 1.72 bits per heavy atom. The highest BCUT2D eigenvalue weighted by Gasteiger charge is 2.12. The van der Waals surface area contributed by atoms with Gasteiger partial charge in [-0.05, 0) is 43.3 Å². The summed E-state index contributed by atoms with van der Waals surface area (Å²) in [7, 11) is 4.72. The molecule has 188 valence electrons. The molecule has 0 saturated heterocycles. The molecule has 0 N–H and O–H groups in total. The van der Waals surface area contributed by atoms with Crippen molar-refractivity contribution in [1.29, 1.82) is 0 Å². The van der Waals surface area contributed by atoms with Crippen molar-refractivity contribution < 1.29 is 19.1 Å². The lowest BCUT2D eigenvalue weighted by atomic mass is 10.2. The number of benzene rings is 3. The van der Waals surface area contributed by atoms with Gasteiger partial charge in [-0.1, -0.05) is 0 Å². The van der Waals surface area contributed by atoms with Crippen LogP contribution in [0.3, 0.4) is 0 Å². The summed E-state index contributed by atoms with van der Waals surface area (Å²) in [5.74, 6) is 0.855. The van der Waals surface area contributed by atoms with Gasteiger partial charge in [-0.15, -0.1) is 10.2 Å². The number of likely N-dealkylation sites (N-methyl/N-ethyl adjacent to an activating group) is 1. The van der Waals surface area contributed by atoms with Crippen LogP contribution < -0.4 is 14.4 Å². The molecule has 3 rings (SSSR count). The van der Waals surface area contributed by atoms with Crippen LogP contribution in [0.25, 0.3) is 0 Å². The van der Waals surface area contributed by atoms with Gasteiger partial charge in [0.2, 0.25) is 0 Å². The van der Waals surface area contributed by atoms with Crippen LogP contribution in [0.4, 0.5) is 34.1 Å². The standard InChI is InChI=1S/C25H28N6O5/c1-5-30(14-15-34-2)20-10-6-18(7-11-20)26-28-22-16-25(36-4)23(17-24(22)35-3)29-27-19-8-12-21(13-9-19)31(32)33/h6-13,16-17H,5,14-15H2,1-4H3. The van der Waals surface area contributed by atoms with Gasteiger partial charge in [0.25, 0.3) is 5.69 Å². The molecule has 0 bridgehead atoms. The van der Waals surface area contributed by atoms with Gasteiger partial charge >= 0.3 is 0 Å². The van der Waals surface area contributed by atoms with Gasteiger partial charge in [0, 0.05) is 50.2 Å². The molecule has 0 aliphatic carbocycles. The fourth-order valence-electron chi connectivity index (χ4n) is 3.29. The number of rotatable bonds is 12. The van der Waals surface area contributed by atoms with Crippen LogP contribution in [0.2, 0.25) is 0 Å². The minimum Gasteiger partial charge on any atom is -0.494 e. The van der Waals surface area contributed by atoms with Crippen molar-refractivity contribution in [3.8, 4) is 11.5 Å². The second-order valence-electron chi connectivity index (χ2n) is 7.46. The zero-order valence-corrected chi connectivity index (χ0v) is 20.6. The lowest BCUT2D eigenvalue weighted by Crippen LogP contribution is -2.26. The van der Waals surface area contributed by atoms with Crippen molar-refractivity contribution in [2.45, 2.75) is 6.92 Å². The molecule has 36 heavy (non-hydrogen) atoms. The summed E-state index contributed by atoms with van der Waals surface area (Å²) in [4.78, 5) is 12.5. The van der Waals surface area contributed by atoms with Crippen LogP contribution in [0.5, 0.6) is 11.5 Å². The van der Waals surface area contributed by atoms with E-state index >= 15 is 0 Å². The number of azo groups is 2. The summed E-state index contributed by atoms with van der Waals surface area (Å²) in [5, 5.41) is 27.8. The Morgan fingerprint density at radius 2 is 1.31 bits per heavy atom. The summed E-state index contributed by atoms with van der Waals surface area (Å²) >= 11 is 0. The molecule has 0 radical (unpaired) electrons. The quantitative estimate of drug-likeness (QED) is 0.154. The molecule has 3 aromatic carbocycles. The van der Waals surface area contributed by atoms with E-state index in [1.54, 1.807) is 19.2 Å².